The molecule has 0 unspecified atom stereocenters. The standard InChI is InChI=1S/C18H24N2O/c21-17(16-4-2-1-3-5-16)20-19-12-18-9-13-6-14(10-18)8-15(7-13)11-18/h1-5,13-15,19H,6-12H2,(H,20,21). The molecule has 3 nitrogen and oxygen atoms in total. The first-order valence-corrected chi connectivity index (χ1v) is 8.31. The average molecular weight is 284 g/mol. The van der Waals surface area contributed by atoms with Gasteiger partial charge in [-0.2, -0.15) is 0 Å². The second-order valence-corrected chi connectivity index (χ2v) is 7.59. The summed E-state index contributed by atoms with van der Waals surface area (Å²) in [5.41, 5.74) is 7.30. The molecule has 1 amide bonds. The van der Waals surface area contributed by atoms with Gasteiger partial charge in [0.2, 0.25) is 0 Å². The molecule has 4 aliphatic rings. The second kappa shape index (κ2) is 5.13. The van der Waals surface area contributed by atoms with E-state index < -0.39 is 0 Å². The summed E-state index contributed by atoms with van der Waals surface area (Å²) in [6, 6.07) is 9.42. The van der Waals surface area contributed by atoms with Gasteiger partial charge in [0.25, 0.3) is 5.91 Å². The summed E-state index contributed by atoms with van der Waals surface area (Å²) in [5.74, 6) is 2.86. The predicted octanol–water partition coefficient (Wildman–Crippen LogP) is 3.14. The Labute approximate surface area is 126 Å². The number of carbonyl (C=O) groups is 1. The van der Waals surface area contributed by atoms with Gasteiger partial charge in [0, 0.05) is 12.1 Å². The SMILES string of the molecule is O=C(NNCC12CC3CC(CC(C3)C1)C2)c1ccccc1. The minimum atomic E-state index is -0.0275. The lowest BCUT2D eigenvalue weighted by Crippen LogP contribution is -2.53. The monoisotopic (exact) mass is 284 g/mol. The first-order valence-electron chi connectivity index (χ1n) is 8.31. The van der Waals surface area contributed by atoms with Crippen molar-refractivity contribution in [2.45, 2.75) is 38.5 Å². The van der Waals surface area contributed by atoms with Crippen LogP contribution < -0.4 is 10.9 Å². The van der Waals surface area contributed by atoms with Gasteiger partial charge in [-0.15, -0.1) is 0 Å². The number of hydrazine groups is 1. The van der Waals surface area contributed by atoms with E-state index in [1.54, 1.807) is 0 Å². The molecule has 0 heterocycles. The Morgan fingerprint density at radius 2 is 1.57 bits per heavy atom. The molecule has 0 atom stereocenters. The molecule has 0 saturated heterocycles. The molecule has 0 aromatic heterocycles. The Hall–Kier alpha value is -1.35. The lowest BCUT2D eigenvalue weighted by Gasteiger charge is -2.56. The maximum absolute atomic E-state index is 12.1. The Kier molecular flexibility index (Phi) is 3.26. The minimum absolute atomic E-state index is 0.0275. The number of hydrogen-bond acceptors (Lipinski definition) is 2. The molecule has 4 bridgehead atoms. The van der Waals surface area contributed by atoms with E-state index in [9.17, 15) is 4.79 Å². The molecule has 1 aromatic carbocycles. The summed E-state index contributed by atoms with van der Waals surface area (Å²) in [5, 5.41) is 0. The molecule has 0 spiro atoms. The number of nitrogens with one attached hydrogen (secondary N) is 2. The lowest BCUT2D eigenvalue weighted by molar-refractivity contribution is -0.0524. The zero-order valence-corrected chi connectivity index (χ0v) is 12.5. The molecule has 0 aliphatic heterocycles. The van der Waals surface area contributed by atoms with E-state index in [0.717, 1.165) is 29.9 Å². The van der Waals surface area contributed by atoms with Crippen molar-refractivity contribution in [1.29, 1.82) is 0 Å². The average Bonchev–Trinajstić information content (AvgIpc) is 2.46. The highest BCUT2D eigenvalue weighted by atomic mass is 16.2. The van der Waals surface area contributed by atoms with Gasteiger partial charge >= 0.3 is 0 Å². The van der Waals surface area contributed by atoms with E-state index in [1.807, 2.05) is 30.3 Å². The van der Waals surface area contributed by atoms with E-state index in [-0.39, 0.29) is 5.91 Å². The predicted molar refractivity (Wildman–Crippen MR) is 82.5 cm³/mol. The number of benzene rings is 1. The van der Waals surface area contributed by atoms with Crippen molar-refractivity contribution in [3.63, 3.8) is 0 Å². The normalized spacial score (nSPS) is 36.7. The number of hydrogen-bond donors (Lipinski definition) is 2. The summed E-state index contributed by atoms with van der Waals surface area (Å²) in [6.45, 7) is 0.940. The Morgan fingerprint density at radius 1 is 1.00 bits per heavy atom. The number of amides is 1. The van der Waals surface area contributed by atoms with E-state index >= 15 is 0 Å². The molecule has 4 saturated carbocycles. The van der Waals surface area contributed by atoms with Gasteiger partial charge in [0.1, 0.15) is 0 Å². The molecule has 5 rings (SSSR count). The van der Waals surface area contributed by atoms with Crippen LogP contribution in [0.4, 0.5) is 0 Å². The smallest absolute Gasteiger partial charge is 0.265 e. The van der Waals surface area contributed by atoms with Crippen LogP contribution in [0.5, 0.6) is 0 Å². The molecule has 3 heteroatoms. The zero-order valence-electron chi connectivity index (χ0n) is 12.5. The van der Waals surface area contributed by atoms with Gasteiger partial charge in [-0.05, 0) is 73.8 Å². The molecule has 0 radical (unpaired) electrons. The molecule has 4 fully saturated rings. The maximum Gasteiger partial charge on any atom is 0.265 e. The van der Waals surface area contributed by atoms with Gasteiger partial charge in [-0.25, -0.2) is 5.43 Å². The number of carbonyl (C=O) groups excluding carboxylic acids is 1. The zero-order chi connectivity index (χ0) is 14.3. The molecular formula is C18H24N2O. The highest BCUT2D eigenvalue weighted by Crippen LogP contribution is 2.59. The third-order valence-electron chi connectivity index (χ3n) is 5.87. The quantitative estimate of drug-likeness (QED) is 0.834. The van der Waals surface area contributed by atoms with Crippen LogP contribution in [0.15, 0.2) is 30.3 Å². The topological polar surface area (TPSA) is 41.1 Å². The van der Waals surface area contributed by atoms with Crippen molar-refractivity contribution in [3.05, 3.63) is 35.9 Å². The van der Waals surface area contributed by atoms with Crippen LogP contribution in [0, 0.1) is 23.2 Å². The summed E-state index contributed by atoms with van der Waals surface area (Å²) < 4.78 is 0. The van der Waals surface area contributed by atoms with Crippen molar-refractivity contribution < 1.29 is 4.79 Å². The van der Waals surface area contributed by atoms with Gasteiger partial charge in [-0.1, -0.05) is 18.2 Å². The molecular weight excluding hydrogens is 260 g/mol. The van der Waals surface area contributed by atoms with E-state index in [2.05, 4.69) is 10.9 Å². The third kappa shape index (κ3) is 2.59. The first-order chi connectivity index (χ1) is 10.2. The second-order valence-electron chi connectivity index (χ2n) is 7.59. The highest BCUT2D eigenvalue weighted by molar-refractivity contribution is 5.93. The van der Waals surface area contributed by atoms with Crippen molar-refractivity contribution in [3.8, 4) is 0 Å². The van der Waals surface area contributed by atoms with Crippen molar-refractivity contribution in [2.75, 3.05) is 6.54 Å². The number of rotatable bonds is 4. The summed E-state index contributed by atoms with van der Waals surface area (Å²) in [4.78, 5) is 12.1. The lowest BCUT2D eigenvalue weighted by atomic mass is 9.49. The van der Waals surface area contributed by atoms with Gasteiger partial charge < -0.3 is 0 Å². The van der Waals surface area contributed by atoms with E-state index in [0.29, 0.717) is 5.41 Å². The third-order valence-corrected chi connectivity index (χ3v) is 5.87. The molecule has 2 N–H and O–H groups in total. The van der Waals surface area contributed by atoms with Crippen molar-refractivity contribution >= 4 is 5.91 Å². The molecule has 112 valence electrons. The van der Waals surface area contributed by atoms with Crippen molar-refractivity contribution in [1.82, 2.24) is 10.9 Å². The van der Waals surface area contributed by atoms with Crippen molar-refractivity contribution in [2.24, 2.45) is 23.2 Å². The molecule has 21 heavy (non-hydrogen) atoms. The highest BCUT2D eigenvalue weighted by Gasteiger charge is 2.50. The van der Waals surface area contributed by atoms with Crippen LogP contribution in [-0.2, 0) is 0 Å². The maximum atomic E-state index is 12.1. The molecule has 4 aliphatic carbocycles. The first kappa shape index (κ1) is 13.3. The van der Waals surface area contributed by atoms with E-state index in [4.69, 9.17) is 0 Å². The van der Waals surface area contributed by atoms with E-state index in [1.165, 1.54) is 38.5 Å². The van der Waals surface area contributed by atoms with Crippen LogP contribution in [-0.4, -0.2) is 12.5 Å². The van der Waals surface area contributed by atoms with Crippen LogP contribution >= 0.6 is 0 Å². The summed E-state index contributed by atoms with van der Waals surface area (Å²) in [6.07, 6.45) is 8.51. The summed E-state index contributed by atoms with van der Waals surface area (Å²) >= 11 is 0. The fraction of sp³-hybridized carbons (Fsp3) is 0.611. The van der Waals surface area contributed by atoms with Crippen LogP contribution in [0.3, 0.4) is 0 Å². The molecule has 1 aromatic rings. The largest absolute Gasteiger partial charge is 0.287 e. The Bertz CT molecular complexity index is 490. The fourth-order valence-electron chi connectivity index (χ4n) is 5.48. The Morgan fingerprint density at radius 3 is 2.14 bits per heavy atom. The van der Waals surface area contributed by atoms with Gasteiger partial charge in [0.05, 0.1) is 0 Å². The van der Waals surface area contributed by atoms with Gasteiger partial charge in [-0.3, -0.25) is 10.2 Å². The van der Waals surface area contributed by atoms with Crippen LogP contribution in [0.1, 0.15) is 48.9 Å². The fourth-order valence-corrected chi connectivity index (χ4v) is 5.48. The Balaban J connectivity index is 1.34. The van der Waals surface area contributed by atoms with Crippen LogP contribution in [0.2, 0.25) is 0 Å². The minimum Gasteiger partial charge on any atom is -0.287 e. The van der Waals surface area contributed by atoms with Gasteiger partial charge in [0.15, 0.2) is 0 Å². The van der Waals surface area contributed by atoms with Crippen LogP contribution in [0.25, 0.3) is 0 Å². The summed E-state index contributed by atoms with van der Waals surface area (Å²) in [7, 11) is 0.